The van der Waals surface area contributed by atoms with Crippen molar-refractivity contribution in [1.29, 1.82) is 0 Å². The van der Waals surface area contributed by atoms with Gasteiger partial charge in [-0.05, 0) is 19.8 Å². The molecule has 2 heterocycles. The number of cyclic esters (lactones) is 1. The van der Waals surface area contributed by atoms with Crippen LogP contribution in [0.2, 0.25) is 0 Å². The van der Waals surface area contributed by atoms with Gasteiger partial charge >= 0.3 is 13.8 Å². The van der Waals surface area contributed by atoms with Gasteiger partial charge in [0.1, 0.15) is 12.1 Å². The lowest BCUT2D eigenvalue weighted by atomic mass is 10.1. The van der Waals surface area contributed by atoms with E-state index in [0.29, 0.717) is 19.4 Å². The second-order valence-corrected chi connectivity index (χ2v) is 5.54. The van der Waals surface area contributed by atoms with E-state index >= 15 is 0 Å². The average Bonchev–Trinajstić information content (AvgIpc) is 2.70. The molecule has 102 valence electrons. The molecule has 0 bridgehead atoms. The summed E-state index contributed by atoms with van der Waals surface area (Å²) >= 11 is 0. The first kappa shape index (κ1) is 13.5. The van der Waals surface area contributed by atoms with Gasteiger partial charge in [-0.25, -0.2) is 9.36 Å². The van der Waals surface area contributed by atoms with Crippen molar-refractivity contribution in [3.8, 4) is 0 Å². The Bertz CT molecular complexity index is 419. The summed E-state index contributed by atoms with van der Waals surface area (Å²) in [5.74, 6) is -1.00. The molecule has 9 heteroatoms. The maximum atomic E-state index is 12.0. The van der Waals surface area contributed by atoms with Crippen molar-refractivity contribution < 1.29 is 33.2 Å². The van der Waals surface area contributed by atoms with Crippen molar-refractivity contribution >= 4 is 19.7 Å². The van der Waals surface area contributed by atoms with E-state index in [2.05, 4.69) is 4.52 Å². The summed E-state index contributed by atoms with van der Waals surface area (Å²) in [4.78, 5) is 42.4. The summed E-state index contributed by atoms with van der Waals surface area (Å²) in [6.07, 6.45) is -1.21. The lowest BCUT2D eigenvalue weighted by molar-refractivity contribution is -0.182. The number of phosphoric ester groups is 1. The van der Waals surface area contributed by atoms with Crippen LogP contribution in [0.4, 0.5) is 0 Å². The molecular formula is C9H14NO7P. The number of nitrogens with zero attached hydrogens (tertiary/aromatic N) is 1. The molecule has 0 radical (unpaired) electrons. The van der Waals surface area contributed by atoms with E-state index in [1.54, 1.807) is 0 Å². The molecule has 0 aromatic rings. The standard InChI is InChI=1S/C9H14NO7P/c1-5(17-18(13,14)15)7-8(11)10-4-2-3-6(10)9(12)16-7/h5-7H,2-4H2,1H3,(H2,13,14,15)/t5-,6+,7+/m1/s1. The Morgan fingerprint density at radius 2 is 2.17 bits per heavy atom. The minimum absolute atomic E-state index is 0.456. The Labute approximate surface area is 103 Å². The minimum atomic E-state index is -4.72. The molecule has 0 aromatic heterocycles. The van der Waals surface area contributed by atoms with Gasteiger partial charge in [0.15, 0.2) is 0 Å². The van der Waals surface area contributed by atoms with Crippen molar-refractivity contribution in [2.75, 3.05) is 6.54 Å². The highest BCUT2D eigenvalue weighted by atomic mass is 31.2. The number of fused-ring (bicyclic) bond motifs is 1. The van der Waals surface area contributed by atoms with E-state index in [9.17, 15) is 14.2 Å². The lowest BCUT2D eigenvalue weighted by Gasteiger charge is -2.35. The number of morpholine rings is 1. The van der Waals surface area contributed by atoms with Crippen LogP contribution in [-0.2, 0) is 23.4 Å². The SMILES string of the molecule is C[C@@H](OP(=O)(O)O)[C@@H]1OC(=O)[C@@H]2CCCN2C1=O. The molecular weight excluding hydrogens is 265 g/mol. The largest absolute Gasteiger partial charge is 0.469 e. The molecule has 1 amide bonds. The van der Waals surface area contributed by atoms with E-state index in [0.717, 1.165) is 0 Å². The Hall–Kier alpha value is -0.950. The highest BCUT2D eigenvalue weighted by Crippen LogP contribution is 2.39. The molecule has 0 aromatic carbocycles. The van der Waals surface area contributed by atoms with E-state index in [-0.39, 0.29) is 0 Å². The van der Waals surface area contributed by atoms with Crippen LogP contribution in [0, 0.1) is 0 Å². The Kier molecular flexibility index (Phi) is 3.46. The normalized spacial score (nSPS) is 30.1. The molecule has 18 heavy (non-hydrogen) atoms. The number of hydrogen-bond donors (Lipinski definition) is 2. The second kappa shape index (κ2) is 4.62. The fourth-order valence-electron chi connectivity index (χ4n) is 2.26. The van der Waals surface area contributed by atoms with E-state index < -0.39 is 37.9 Å². The Morgan fingerprint density at radius 3 is 2.78 bits per heavy atom. The van der Waals surface area contributed by atoms with Crippen LogP contribution >= 0.6 is 7.82 Å². The zero-order valence-electron chi connectivity index (χ0n) is 9.68. The van der Waals surface area contributed by atoms with Gasteiger partial charge in [-0.2, -0.15) is 0 Å². The average molecular weight is 279 g/mol. The molecule has 0 saturated carbocycles. The molecule has 8 nitrogen and oxygen atoms in total. The molecule has 2 N–H and O–H groups in total. The molecule has 2 saturated heterocycles. The Balaban J connectivity index is 2.12. The predicted molar refractivity (Wildman–Crippen MR) is 57.2 cm³/mol. The first-order valence-corrected chi connectivity index (χ1v) is 7.07. The summed E-state index contributed by atoms with van der Waals surface area (Å²) in [6.45, 7) is 1.74. The van der Waals surface area contributed by atoms with Gasteiger partial charge in [0.05, 0.1) is 0 Å². The maximum absolute atomic E-state index is 12.0. The van der Waals surface area contributed by atoms with Crippen molar-refractivity contribution in [2.45, 2.75) is 38.0 Å². The number of esters is 1. The van der Waals surface area contributed by atoms with Gasteiger partial charge in [0.2, 0.25) is 6.10 Å². The molecule has 2 fully saturated rings. The van der Waals surface area contributed by atoms with Crippen molar-refractivity contribution in [2.24, 2.45) is 0 Å². The molecule has 0 unspecified atom stereocenters. The lowest BCUT2D eigenvalue weighted by Crippen LogP contribution is -2.56. The molecule has 2 aliphatic heterocycles. The first-order valence-electron chi connectivity index (χ1n) is 5.54. The van der Waals surface area contributed by atoms with Gasteiger partial charge < -0.3 is 19.4 Å². The number of hydrogen-bond acceptors (Lipinski definition) is 5. The van der Waals surface area contributed by atoms with Crippen molar-refractivity contribution in [3.63, 3.8) is 0 Å². The molecule has 2 rings (SSSR count). The maximum Gasteiger partial charge on any atom is 0.469 e. The van der Waals surface area contributed by atoms with Crippen LogP contribution < -0.4 is 0 Å². The fourth-order valence-corrected chi connectivity index (χ4v) is 2.81. The highest BCUT2D eigenvalue weighted by molar-refractivity contribution is 7.46. The zero-order chi connectivity index (χ0) is 13.5. The summed E-state index contributed by atoms with van der Waals surface area (Å²) in [5.41, 5.74) is 0. The molecule has 0 spiro atoms. The zero-order valence-corrected chi connectivity index (χ0v) is 10.6. The van der Waals surface area contributed by atoms with Crippen LogP contribution in [-0.4, -0.2) is 51.4 Å². The van der Waals surface area contributed by atoms with Crippen molar-refractivity contribution in [3.05, 3.63) is 0 Å². The van der Waals surface area contributed by atoms with Crippen LogP contribution in [0.15, 0.2) is 0 Å². The summed E-state index contributed by atoms with van der Waals surface area (Å²) in [7, 11) is -4.72. The summed E-state index contributed by atoms with van der Waals surface area (Å²) < 4.78 is 20.0. The fraction of sp³-hybridized carbons (Fsp3) is 0.778. The number of phosphoric acid groups is 1. The van der Waals surface area contributed by atoms with Crippen molar-refractivity contribution in [1.82, 2.24) is 4.90 Å². The third kappa shape index (κ3) is 2.56. The number of carbonyl (C=O) groups excluding carboxylic acids is 2. The van der Waals surface area contributed by atoms with E-state index in [4.69, 9.17) is 14.5 Å². The number of amides is 1. The number of rotatable bonds is 3. The van der Waals surface area contributed by atoms with Gasteiger partial charge in [0, 0.05) is 6.54 Å². The third-order valence-electron chi connectivity index (χ3n) is 3.02. The predicted octanol–water partition coefficient (Wildman–Crippen LogP) is -0.599. The minimum Gasteiger partial charge on any atom is -0.448 e. The number of carbonyl (C=O) groups is 2. The van der Waals surface area contributed by atoms with Crippen LogP contribution in [0.25, 0.3) is 0 Å². The third-order valence-corrected chi connectivity index (χ3v) is 3.63. The quantitative estimate of drug-likeness (QED) is 0.523. The van der Waals surface area contributed by atoms with Gasteiger partial charge in [0.25, 0.3) is 5.91 Å². The monoisotopic (exact) mass is 279 g/mol. The number of ether oxygens (including phenoxy) is 1. The van der Waals surface area contributed by atoms with E-state index in [1.807, 2.05) is 0 Å². The van der Waals surface area contributed by atoms with Gasteiger partial charge in [-0.15, -0.1) is 0 Å². The van der Waals surface area contributed by atoms with Crippen LogP contribution in [0.3, 0.4) is 0 Å². The second-order valence-electron chi connectivity index (χ2n) is 4.35. The molecule has 0 aliphatic carbocycles. The topological polar surface area (TPSA) is 113 Å². The summed E-state index contributed by atoms with van der Waals surface area (Å²) in [5, 5.41) is 0. The Morgan fingerprint density at radius 1 is 1.50 bits per heavy atom. The first-order chi connectivity index (χ1) is 8.29. The van der Waals surface area contributed by atoms with Crippen LogP contribution in [0.5, 0.6) is 0 Å². The molecule has 3 atom stereocenters. The smallest absolute Gasteiger partial charge is 0.448 e. The van der Waals surface area contributed by atoms with Gasteiger partial charge in [-0.1, -0.05) is 0 Å². The summed E-state index contributed by atoms with van der Waals surface area (Å²) in [6, 6.07) is -0.559. The van der Waals surface area contributed by atoms with Crippen LogP contribution in [0.1, 0.15) is 19.8 Å². The molecule has 2 aliphatic rings. The van der Waals surface area contributed by atoms with E-state index in [1.165, 1.54) is 11.8 Å². The van der Waals surface area contributed by atoms with Gasteiger partial charge in [-0.3, -0.25) is 9.32 Å². The highest BCUT2D eigenvalue weighted by Gasteiger charge is 2.48.